The Labute approximate surface area is 161 Å². The summed E-state index contributed by atoms with van der Waals surface area (Å²) in [5.41, 5.74) is 4.24. The highest BCUT2D eigenvalue weighted by Gasteiger charge is 2.18. The van der Waals surface area contributed by atoms with Crippen molar-refractivity contribution < 1.29 is 9.59 Å². The van der Waals surface area contributed by atoms with Gasteiger partial charge in [0.25, 0.3) is 0 Å². The van der Waals surface area contributed by atoms with Gasteiger partial charge in [0, 0.05) is 37.2 Å². The number of amides is 2. The van der Waals surface area contributed by atoms with Crippen molar-refractivity contribution in [2.24, 2.45) is 0 Å². The fourth-order valence-electron chi connectivity index (χ4n) is 3.30. The first-order chi connectivity index (χ1) is 13.2. The molecule has 4 heterocycles. The molecule has 1 fully saturated rings. The van der Waals surface area contributed by atoms with Crippen LogP contribution in [0.25, 0.3) is 12.2 Å². The molecule has 0 bridgehead atoms. The van der Waals surface area contributed by atoms with E-state index in [1.54, 1.807) is 18.3 Å². The van der Waals surface area contributed by atoms with Gasteiger partial charge >= 0.3 is 0 Å². The Morgan fingerprint density at radius 2 is 2.07 bits per heavy atom. The molecule has 0 aliphatic carbocycles. The van der Waals surface area contributed by atoms with Gasteiger partial charge in [-0.1, -0.05) is 5.57 Å². The van der Waals surface area contributed by atoms with Crippen molar-refractivity contribution in [1.29, 1.82) is 0 Å². The molecule has 7 heteroatoms. The standard InChI is InChI=1S/C20H20N4O2S/c25-18-3-2-16-11-15(13-21-20(16)22-18)1-4-19(26)24-8-5-14(6-9-24)12-17-7-10-27-23-17/h1,4,7,10-13H,2-3,5-6,8-9H2,(H,21,22,25)/b4-1+. The number of hydrogen-bond donors (Lipinski definition) is 1. The first-order valence-electron chi connectivity index (χ1n) is 9.03. The Hall–Kier alpha value is -2.80. The monoisotopic (exact) mass is 380 g/mol. The van der Waals surface area contributed by atoms with Crippen LogP contribution < -0.4 is 5.32 Å². The zero-order chi connectivity index (χ0) is 18.6. The lowest BCUT2D eigenvalue weighted by Crippen LogP contribution is -2.35. The quantitative estimate of drug-likeness (QED) is 0.830. The van der Waals surface area contributed by atoms with Crippen LogP contribution >= 0.6 is 11.5 Å². The molecule has 2 amide bonds. The molecule has 0 unspecified atom stereocenters. The van der Waals surface area contributed by atoms with Crippen LogP contribution in [-0.2, 0) is 16.0 Å². The Kier molecular flexibility index (Phi) is 5.11. The number of carbonyl (C=O) groups excluding carboxylic acids is 2. The Morgan fingerprint density at radius 3 is 2.85 bits per heavy atom. The second kappa shape index (κ2) is 7.84. The normalized spacial score (nSPS) is 17.0. The van der Waals surface area contributed by atoms with E-state index in [-0.39, 0.29) is 11.8 Å². The predicted molar refractivity (Wildman–Crippen MR) is 106 cm³/mol. The largest absolute Gasteiger partial charge is 0.339 e. The molecule has 0 radical (unpaired) electrons. The number of carbonyl (C=O) groups is 2. The highest BCUT2D eigenvalue weighted by molar-refractivity contribution is 7.03. The second-order valence-electron chi connectivity index (χ2n) is 6.71. The SMILES string of the molecule is O=C1CCc2cc(/C=C/C(=O)N3CCC(=Cc4ccsn4)CC3)cnc2N1. The van der Waals surface area contributed by atoms with E-state index in [1.165, 1.54) is 17.1 Å². The van der Waals surface area contributed by atoms with Crippen molar-refractivity contribution >= 4 is 41.3 Å². The molecule has 2 aromatic rings. The molecule has 27 heavy (non-hydrogen) atoms. The van der Waals surface area contributed by atoms with Crippen LogP contribution in [0.1, 0.15) is 36.1 Å². The summed E-state index contributed by atoms with van der Waals surface area (Å²) >= 11 is 1.45. The first-order valence-corrected chi connectivity index (χ1v) is 9.86. The fraction of sp³-hybridized carbons (Fsp3) is 0.300. The van der Waals surface area contributed by atoms with Crippen LogP contribution in [-0.4, -0.2) is 39.2 Å². The molecule has 0 saturated carbocycles. The molecule has 1 N–H and O–H groups in total. The topological polar surface area (TPSA) is 75.2 Å². The average Bonchev–Trinajstić information content (AvgIpc) is 3.19. The van der Waals surface area contributed by atoms with E-state index in [0.29, 0.717) is 18.7 Å². The third-order valence-corrected chi connectivity index (χ3v) is 5.39. The smallest absolute Gasteiger partial charge is 0.246 e. The van der Waals surface area contributed by atoms with Crippen molar-refractivity contribution in [3.63, 3.8) is 0 Å². The number of hydrogen-bond acceptors (Lipinski definition) is 5. The highest BCUT2D eigenvalue weighted by atomic mass is 32.1. The zero-order valence-corrected chi connectivity index (χ0v) is 15.7. The number of aromatic nitrogens is 2. The summed E-state index contributed by atoms with van der Waals surface area (Å²) in [5, 5.41) is 4.74. The molecule has 0 atom stereocenters. The molecule has 6 nitrogen and oxygen atoms in total. The second-order valence-corrected chi connectivity index (χ2v) is 7.38. The van der Waals surface area contributed by atoms with E-state index in [0.717, 1.165) is 42.8 Å². The van der Waals surface area contributed by atoms with Gasteiger partial charge in [-0.15, -0.1) is 0 Å². The number of rotatable bonds is 3. The molecule has 138 valence electrons. The van der Waals surface area contributed by atoms with Gasteiger partial charge in [0.05, 0.1) is 5.69 Å². The summed E-state index contributed by atoms with van der Waals surface area (Å²) < 4.78 is 4.31. The van der Waals surface area contributed by atoms with Crippen LogP contribution in [0.4, 0.5) is 5.82 Å². The molecular formula is C20H20N4O2S. The molecule has 2 aliphatic heterocycles. The van der Waals surface area contributed by atoms with Gasteiger partial charge in [0.1, 0.15) is 5.82 Å². The summed E-state index contributed by atoms with van der Waals surface area (Å²) in [6, 6.07) is 3.99. The van der Waals surface area contributed by atoms with Crippen molar-refractivity contribution in [2.45, 2.75) is 25.7 Å². The maximum atomic E-state index is 12.5. The van der Waals surface area contributed by atoms with E-state index in [9.17, 15) is 9.59 Å². The van der Waals surface area contributed by atoms with Gasteiger partial charge in [0.2, 0.25) is 11.8 Å². The predicted octanol–water partition coefficient (Wildman–Crippen LogP) is 3.14. The van der Waals surface area contributed by atoms with E-state index >= 15 is 0 Å². The van der Waals surface area contributed by atoms with Crippen molar-refractivity contribution in [3.05, 3.63) is 52.2 Å². The lowest BCUT2D eigenvalue weighted by Gasteiger charge is -2.27. The first kappa shape index (κ1) is 17.6. The third-order valence-electron chi connectivity index (χ3n) is 4.81. The van der Waals surface area contributed by atoms with Crippen LogP contribution in [0.2, 0.25) is 0 Å². The lowest BCUT2D eigenvalue weighted by atomic mass is 10.0. The number of piperidine rings is 1. The third kappa shape index (κ3) is 4.31. The summed E-state index contributed by atoms with van der Waals surface area (Å²) in [5.74, 6) is 0.653. The number of aryl methyl sites for hydroxylation is 1. The van der Waals surface area contributed by atoms with E-state index in [4.69, 9.17) is 0 Å². The van der Waals surface area contributed by atoms with Gasteiger partial charge < -0.3 is 10.2 Å². The van der Waals surface area contributed by atoms with Gasteiger partial charge in [0.15, 0.2) is 0 Å². The van der Waals surface area contributed by atoms with Crippen molar-refractivity contribution in [3.8, 4) is 0 Å². The van der Waals surface area contributed by atoms with Crippen LogP contribution in [0.5, 0.6) is 0 Å². The number of nitrogens with one attached hydrogen (secondary N) is 1. The molecule has 0 aromatic carbocycles. The highest BCUT2D eigenvalue weighted by Crippen LogP contribution is 2.22. The lowest BCUT2D eigenvalue weighted by molar-refractivity contribution is -0.126. The molecule has 4 rings (SSSR count). The molecule has 2 aromatic heterocycles. The van der Waals surface area contributed by atoms with Crippen LogP contribution in [0, 0.1) is 0 Å². The fourth-order valence-corrected chi connectivity index (χ4v) is 3.80. The number of nitrogens with zero attached hydrogens (tertiary/aromatic N) is 3. The van der Waals surface area contributed by atoms with E-state index < -0.39 is 0 Å². The van der Waals surface area contributed by atoms with Crippen LogP contribution in [0.15, 0.2) is 35.4 Å². The Balaban J connectivity index is 1.35. The molecular weight excluding hydrogens is 360 g/mol. The average molecular weight is 380 g/mol. The number of anilines is 1. The Bertz CT molecular complexity index is 908. The number of likely N-dealkylation sites (tertiary alicyclic amines) is 1. The minimum Gasteiger partial charge on any atom is -0.339 e. The maximum Gasteiger partial charge on any atom is 0.246 e. The summed E-state index contributed by atoms with van der Waals surface area (Å²) in [6.45, 7) is 1.46. The molecule has 2 aliphatic rings. The van der Waals surface area contributed by atoms with Gasteiger partial charge in [-0.05, 0) is 66.2 Å². The number of pyridine rings is 1. The summed E-state index contributed by atoms with van der Waals surface area (Å²) in [4.78, 5) is 30.0. The minimum atomic E-state index is 0.00164. The van der Waals surface area contributed by atoms with Gasteiger partial charge in [-0.2, -0.15) is 4.37 Å². The van der Waals surface area contributed by atoms with Crippen molar-refractivity contribution in [2.75, 3.05) is 18.4 Å². The van der Waals surface area contributed by atoms with Crippen LogP contribution in [0.3, 0.4) is 0 Å². The Morgan fingerprint density at radius 1 is 1.22 bits per heavy atom. The number of fused-ring (bicyclic) bond motifs is 1. The minimum absolute atomic E-state index is 0.00164. The molecule has 0 spiro atoms. The molecule has 1 saturated heterocycles. The van der Waals surface area contributed by atoms with E-state index in [2.05, 4.69) is 20.8 Å². The van der Waals surface area contributed by atoms with E-state index in [1.807, 2.05) is 22.4 Å². The van der Waals surface area contributed by atoms with Gasteiger partial charge in [-0.3, -0.25) is 9.59 Å². The van der Waals surface area contributed by atoms with Gasteiger partial charge in [-0.25, -0.2) is 4.98 Å². The van der Waals surface area contributed by atoms with Crippen molar-refractivity contribution in [1.82, 2.24) is 14.3 Å². The maximum absolute atomic E-state index is 12.5. The summed E-state index contributed by atoms with van der Waals surface area (Å²) in [6.07, 6.45) is 10.2. The zero-order valence-electron chi connectivity index (χ0n) is 14.9. The summed E-state index contributed by atoms with van der Waals surface area (Å²) in [7, 11) is 0.